The van der Waals surface area contributed by atoms with E-state index in [9.17, 15) is 10.1 Å². The van der Waals surface area contributed by atoms with Gasteiger partial charge in [-0.15, -0.1) is 0 Å². The molecule has 0 bridgehead atoms. The van der Waals surface area contributed by atoms with E-state index in [0.29, 0.717) is 23.6 Å². The third kappa shape index (κ3) is 7.60. The van der Waals surface area contributed by atoms with Crippen molar-refractivity contribution in [2.45, 2.75) is 50.0 Å². The van der Waals surface area contributed by atoms with Gasteiger partial charge in [-0.1, -0.05) is 64.5 Å². The average molecular weight is 741 g/mol. The Hall–Kier alpha value is -3.80. The van der Waals surface area contributed by atoms with Gasteiger partial charge in [0.15, 0.2) is 0 Å². The Bertz CT molecular complexity index is 1760. The number of nitro benzene ring substituents is 1. The van der Waals surface area contributed by atoms with Gasteiger partial charge >= 0.3 is 0 Å². The first-order chi connectivity index (χ1) is 24.4. The van der Waals surface area contributed by atoms with E-state index in [-0.39, 0.29) is 23.9 Å². The molecule has 2 aliphatic carbocycles. The molecule has 2 saturated heterocycles. The van der Waals surface area contributed by atoms with Crippen LogP contribution in [-0.4, -0.2) is 66.1 Å². The molecule has 6 atom stereocenters. The summed E-state index contributed by atoms with van der Waals surface area (Å²) < 4.78 is 13.9. The number of rotatable bonds is 9. The van der Waals surface area contributed by atoms with Crippen LogP contribution in [0.2, 0.25) is 0 Å². The lowest BCUT2D eigenvalue weighted by Gasteiger charge is -2.30. The molecule has 0 amide bonds. The Labute approximate surface area is 302 Å². The first-order valence-corrected chi connectivity index (χ1v) is 18.6. The van der Waals surface area contributed by atoms with Crippen molar-refractivity contribution in [3.63, 3.8) is 0 Å². The fourth-order valence-corrected chi connectivity index (χ4v) is 8.43. The van der Waals surface area contributed by atoms with Crippen LogP contribution in [-0.2, 0) is 12.8 Å². The molecular weight excluding hydrogens is 694 g/mol. The lowest BCUT2D eigenvalue weighted by atomic mass is 10.1. The summed E-state index contributed by atoms with van der Waals surface area (Å²) in [7, 11) is 0. The van der Waals surface area contributed by atoms with E-state index in [0.717, 1.165) is 68.8 Å². The molecule has 0 unspecified atom stereocenters. The fraction of sp³-hybridized carbons (Fsp3) is 0.400. The number of likely N-dealkylation sites (tertiary alicyclic amines) is 2. The zero-order valence-electron chi connectivity index (χ0n) is 28.3. The van der Waals surface area contributed by atoms with Crippen LogP contribution in [0.5, 0.6) is 11.5 Å². The quantitative estimate of drug-likeness (QED) is 0.144. The van der Waals surface area contributed by atoms with Gasteiger partial charge in [0.05, 0.1) is 17.0 Å². The molecule has 9 nitrogen and oxygen atoms in total. The van der Waals surface area contributed by atoms with Crippen molar-refractivity contribution in [3.8, 4) is 11.5 Å². The van der Waals surface area contributed by atoms with Crippen molar-refractivity contribution in [1.29, 1.82) is 0 Å². The molecule has 10 heteroatoms. The summed E-state index contributed by atoms with van der Waals surface area (Å²) in [5.41, 5.74) is 17.1. The van der Waals surface area contributed by atoms with Gasteiger partial charge in [-0.25, -0.2) is 0 Å². The lowest BCUT2D eigenvalue weighted by molar-refractivity contribution is -0.384. The standard InChI is InChI=1S/C20H23BrN2O.C20H23N3O3/c21-16-5-7-17(8-6-16)24-20-18-4-2-1-3-15(18)11-19(20)23-10-9-14(12-22)13-23;21-12-14-9-10-22(13-14)19-11-15-3-1-2-4-18(15)20(19)26-17-7-5-16(6-8-17)23(24)25/h1-8,14,19-20H,9-13,22H2;1-8,14,19-20H,9-13,21H2/t2*14-,19-,20-/m11/s1. The molecule has 50 heavy (non-hydrogen) atoms. The van der Waals surface area contributed by atoms with Gasteiger partial charge in [0, 0.05) is 29.7 Å². The molecule has 2 fully saturated rings. The molecular formula is C40H46BrN5O4. The predicted molar refractivity (Wildman–Crippen MR) is 199 cm³/mol. The lowest BCUT2D eigenvalue weighted by Crippen LogP contribution is -2.39. The molecule has 8 rings (SSSR count). The topological polar surface area (TPSA) is 120 Å². The Morgan fingerprint density at radius 2 is 1.12 bits per heavy atom. The summed E-state index contributed by atoms with van der Waals surface area (Å²) in [5.74, 6) is 2.78. The van der Waals surface area contributed by atoms with Crippen molar-refractivity contribution < 1.29 is 14.4 Å². The average Bonchev–Trinajstić information content (AvgIpc) is 3.95. The van der Waals surface area contributed by atoms with E-state index in [1.54, 1.807) is 12.1 Å². The van der Waals surface area contributed by atoms with Crippen molar-refractivity contribution in [2.24, 2.45) is 23.3 Å². The molecule has 2 heterocycles. The highest BCUT2D eigenvalue weighted by Crippen LogP contribution is 2.41. The monoisotopic (exact) mass is 739 g/mol. The number of nitro groups is 1. The highest BCUT2D eigenvalue weighted by molar-refractivity contribution is 9.10. The van der Waals surface area contributed by atoms with Crippen LogP contribution in [0.1, 0.15) is 47.3 Å². The minimum atomic E-state index is -0.394. The van der Waals surface area contributed by atoms with E-state index in [4.69, 9.17) is 20.9 Å². The van der Waals surface area contributed by atoms with Gasteiger partial charge in [0.2, 0.25) is 0 Å². The molecule has 0 radical (unpaired) electrons. The summed E-state index contributed by atoms with van der Waals surface area (Å²) in [6, 6.07) is 32.3. The number of benzene rings is 4. The zero-order valence-corrected chi connectivity index (χ0v) is 29.9. The van der Waals surface area contributed by atoms with Crippen LogP contribution in [0, 0.1) is 22.0 Å². The molecule has 4 aliphatic rings. The number of hydrogen-bond donors (Lipinski definition) is 2. The van der Waals surface area contributed by atoms with E-state index < -0.39 is 4.92 Å². The van der Waals surface area contributed by atoms with Gasteiger partial charge in [-0.3, -0.25) is 19.9 Å². The summed E-state index contributed by atoms with van der Waals surface area (Å²) in [4.78, 5) is 15.5. The van der Waals surface area contributed by atoms with Crippen LogP contribution < -0.4 is 20.9 Å². The minimum Gasteiger partial charge on any atom is -0.484 e. The molecule has 4 aromatic carbocycles. The molecule has 4 N–H and O–H groups in total. The van der Waals surface area contributed by atoms with Crippen molar-refractivity contribution >= 4 is 21.6 Å². The number of ether oxygens (including phenoxy) is 2. The second-order valence-electron chi connectivity index (χ2n) is 14.0. The van der Waals surface area contributed by atoms with Gasteiger partial charge in [0.25, 0.3) is 5.69 Å². The second kappa shape index (κ2) is 15.6. The Morgan fingerprint density at radius 3 is 1.54 bits per heavy atom. The molecule has 0 saturated carbocycles. The maximum Gasteiger partial charge on any atom is 0.269 e. The van der Waals surface area contributed by atoms with Crippen LogP contribution in [0.25, 0.3) is 0 Å². The largest absolute Gasteiger partial charge is 0.484 e. The number of halogens is 1. The SMILES string of the molecule is NC[C@H]1CCN([C@@H]2Cc3ccccc3[C@H]2Oc2ccc(Br)cc2)C1.NC[C@H]1CCN([C@@H]2Cc3ccccc3[C@H]2Oc2ccc([N+](=O)[O-])cc2)C1. The maximum atomic E-state index is 10.9. The first kappa shape index (κ1) is 34.6. The van der Waals surface area contributed by atoms with E-state index in [1.165, 1.54) is 40.8 Å². The number of fused-ring (bicyclic) bond motifs is 2. The van der Waals surface area contributed by atoms with E-state index >= 15 is 0 Å². The summed E-state index contributed by atoms with van der Waals surface area (Å²) in [6.45, 7) is 5.78. The van der Waals surface area contributed by atoms with E-state index in [1.807, 2.05) is 30.3 Å². The minimum absolute atomic E-state index is 0.0656. The predicted octanol–water partition coefficient (Wildman–Crippen LogP) is 6.69. The summed E-state index contributed by atoms with van der Waals surface area (Å²) in [6.07, 6.45) is 4.39. The van der Waals surface area contributed by atoms with Crippen molar-refractivity contribution in [3.05, 3.63) is 134 Å². The van der Waals surface area contributed by atoms with Crippen LogP contribution in [0.4, 0.5) is 5.69 Å². The Morgan fingerprint density at radius 1 is 0.680 bits per heavy atom. The number of nitrogens with zero attached hydrogens (tertiary/aromatic N) is 3. The van der Waals surface area contributed by atoms with Crippen LogP contribution in [0.3, 0.4) is 0 Å². The maximum absolute atomic E-state index is 10.9. The van der Waals surface area contributed by atoms with Gasteiger partial charge in [-0.2, -0.15) is 0 Å². The fourth-order valence-electron chi connectivity index (χ4n) is 8.16. The zero-order chi connectivity index (χ0) is 34.6. The molecule has 0 spiro atoms. The Balaban J connectivity index is 0.000000157. The van der Waals surface area contributed by atoms with Gasteiger partial charge in [-0.05, 0) is 122 Å². The number of nitrogens with two attached hydrogens (primary N) is 2. The third-order valence-electron chi connectivity index (χ3n) is 10.9. The number of hydrogen-bond acceptors (Lipinski definition) is 8. The third-order valence-corrected chi connectivity index (χ3v) is 11.4. The highest BCUT2D eigenvalue weighted by atomic mass is 79.9. The smallest absolute Gasteiger partial charge is 0.269 e. The first-order valence-electron chi connectivity index (χ1n) is 17.8. The summed E-state index contributed by atoms with van der Waals surface area (Å²) in [5, 5.41) is 10.9. The molecule has 4 aromatic rings. The highest BCUT2D eigenvalue weighted by Gasteiger charge is 2.41. The molecule has 0 aromatic heterocycles. The Kier molecular flexibility index (Phi) is 10.8. The van der Waals surface area contributed by atoms with Gasteiger partial charge < -0.3 is 20.9 Å². The van der Waals surface area contributed by atoms with Crippen LogP contribution >= 0.6 is 15.9 Å². The van der Waals surface area contributed by atoms with Crippen molar-refractivity contribution in [2.75, 3.05) is 39.3 Å². The normalized spacial score (nSPS) is 25.8. The number of non-ortho nitro benzene ring substituents is 1. The van der Waals surface area contributed by atoms with Gasteiger partial charge in [0.1, 0.15) is 23.7 Å². The van der Waals surface area contributed by atoms with E-state index in [2.05, 4.69) is 68.2 Å². The van der Waals surface area contributed by atoms with Crippen LogP contribution in [0.15, 0.2) is 102 Å². The molecule has 2 aliphatic heterocycles. The van der Waals surface area contributed by atoms with Crippen molar-refractivity contribution in [1.82, 2.24) is 9.80 Å². The summed E-state index contributed by atoms with van der Waals surface area (Å²) >= 11 is 3.49. The second-order valence-corrected chi connectivity index (χ2v) is 14.9. The molecule has 262 valence electrons.